The number of rotatable bonds is 27. The molecule has 0 unspecified atom stereocenters. The van der Waals surface area contributed by atoms with Crippen LogP contribution in [-0.2, 0) is 38.1 Å². The van der Waals surface area contributed by atoms with Crippen molar-refractivity contribution in [2.45, 2.75) is 26.2 Å². The van der Waals surface area contributed by atoms with Crippen molar-refractivity contribution in [2.24, 2.45) is 0 Å². The number of Topliss-reactive ketones (excluding diaryl/α,β-unsaturated/α-hetero) is 1. The third kappa shape index (κ3) is 26.9. The molecule has 0 fully saturated rings. The first-order valence-electron chi connectivity index (χ1n) is 12.7. The van der Waals surface area contributed by atoms with Gasteiger partial charge < -0.3 is 39.6 Å². The lowest BCUT2D eigenvalue weighted by molar-refractivity contribution is -0.127. The average molecular weight is 521 g/mol. The zero-order valence-corrected chi connectivity index (χ0v) is 22.4. The maximum Gasteiger partial charge on any atom is 0.246 e. The maximum absolute atomic E-state index is 11.9. The molecule has 0 aliphatic heterocycles. The summed E-state index contributed by atoms with van der Waals surface area (Å²) in [5, 5.41) is 8.61. The lowest BCUT2D eigenvalue weighted by Gasteiger charge is -2.16. The second-order valence-corrected chi connectivity index (χ2v) is 8.25. The fourth-order valence-electron chi connectivity index (χ4n) is 2.78. The van der Waals surface area contributed by atoms with Gasteiger partial charge in [0.25, 0.3) is 0 Å². The van der Waals surface area contributed by atoms with Crippen LogP contribution in [0.15, 0.2) is 0 Å². The van der Waals surface area contributed by atoms with Gasteiger partial charge in [-0.05, 0) is 46.8 Å². The third-order valence-corrected chi connectivity index (χ3v) is 4.67. The van der Waals surface area contributed by atoms with Crippen molar-refractivity contribution in [1.82, 2.24) is 20.9 Å². The lowest BCUT2D eigenvalue weighted by Crippen LogP contribution is -2.38. The number of ether oxygens (including phenoxy) is 5. The summed E-state index contributed by atoms with van der Waals surface area (Å²) in [7, 11) is 3.85. The predicted octanol–water partition coefficient (Wildman–Crippen LogP) is -0.788. The fraction of sp³-hybridized carbons (Fsp3) is 0.875. The number of nitrogens with zero attached hydrogens (tertiary/aromatic N) is 1. The van der Waals surface area contributed by atoms with Crippen LogP contribution in [0.3, 0.4) is 0 Å². The Morgan fingerprint density at radius 2 is 1.22 bits per heavy atom. The molecule has 0 aromatic carbocycles. The Labute approximate surface area is 216 Å². The zero-order chi connectivity index (χ0) is 26.7. The number of likely N-dealkylation sites (N-methyl/N-ethyl adjacent to an activating group) is 1. The van der Waals surface area contributed by atoms with Crippen molar-refractivity contribution in [2.75, 3.05) is 113 Å². The molecule has 3 N–H and O–H groups in total. The Balaban J connectivity index is 3.39. The molecule has 0 aliphatic rings. The SMILES string of the molecule is CNCCCCCOCCN(C)CC(=O)NCCOCCOCC(=O)NCCOCCOCC(C)=O. The van der Waals surface area contributed by atoms with E-state index < -0.39 is 0 Å². The predicted molar refractivity (Wildman–Crippen MR) is 136 cm³/mol. The molecule has 0 rings (SSSR count). The Bertz CT molecular complexity index is 554. The molecule has 36 heavy (non-hydrogen) atoms. The second kappa shape index (κ2) is 26.4. The first-order chi connectivity index (χ1) is 17.5. The Morgan fingerprint density at radius 1 is 0.639 bits per heavy atom. The number of nitrogens with one attached hydrogen (secondary N) is 3. The summed E-state index contributed by atoms with van der Waals surface area (Å²) in [6.07, 6.45) is 3.37. The van der Waals surface area contributed by atoms with Gasteiger partial charge in [0.2, 0.25) is 11.8 Å². The summed E-state index contributed by atoms with van der Waals surface area (Å²) in [6, 6.07) is 0. The largest absolute Gasteiger partial charge is 0.380 e. The number of hydrogen-bond donors (Lipinski definition) is 3. The number of hydrogen-bond acceptors (Lipinski definition) is 10. The van der Waals surface area contributed by atoms with E-state index in [9.17, 15) is 14.4 Å². The van der Waals surface area contributed by atoms with E-state index in [-0.39, 0.29) is 37.4 Å². The molecular weight excluding hydrogens is 472 g/mol. The molecule has 0 aliphatic carbocycles. The molecule has 0 spiro atoms. The molecule has 0 atom stereocenters. The third-order valence-electron chi connectivity index (χ3n) is 4.67. The number of amides is 2. The van der Waals surface area contributed by atoms with Gasteiger partial charge in [0, 0.05) is 26.2 Å². The lowest BCUT2D eigenvalue weighted by atomic mass is 10.2. The standard InChI is InChI=1S/C24H48N4O8/c1-22(29)20-35-17-15-34-13-9-27-24(31)21-36-18-16-33-12-8-26-23(30)19-28(3)10-14-32-11-6-4-5-7-25-2/h25H,4-21H2,1-3H3,(H,26,30)(H,27,31). The van der Waals surface area contributed by atoms with Gasteiger partial charge in [0.1, 0.15) is 13.2 Å². The van der Waals surface area contributed by atoms with Crippen molar-refractivity contribution >= 4 is 17.6 Å². The first kappa shape index (κ1) is 34.3. The molecule has 0 saturated carbocycles. The second-order valence-electron chi connectivity index (χ2n) is 8.25. The van der Waals surface area contributed by atoms with E-state index in [4.69, 9.17) is 23.7 Å². The summed E-state index contributed by atoms with van der Waals surface area (Å²) in [6.45, 7) is 7.72. The number of ketones is 1. The zero-order valence-electron chi connectivity index (χ0n) is 22.4. The smallest absolute Gasteiger partial charge is 0.246 e. The minimum Gasteiger partial charge on any atom is -0.380 e. The van der Waals surface area contributed by atoms with Crippen molar-refractivity contribution < 1.29 is 38.1 Å². The fourth-order valence-corrected chi connectivity index (χ4v) is 2.78. The molecule has 12 nitrogen and oxygen atoms in total. The molecule has 0 radical (unpaired) electrons. The van der Waals surface area contributed by atoms with Crippen LogP contribution < -0.4 is 16.0 Å². The molecule has 0 heterocycles. The Hall–Kier alpha value is -1.67. The van der Waals surface area contributed by atoms with E-state index in [0.29, 0.717) is 65.8 Å². The normalized spacial score (nSPS) is 11.1. The monoisotopic (exact) mass is 520 g/mol. The summed E-state index contributed by atoms with van der Waals surface area (Å²) < 4.78 is 26.6. The summed E-state index contributed by atoms with van der Waals surface area (Å²) in [4.78, 5) is 36.2. The van der Waals surface area contributed by atoms with Crippen LogP contribution in [0, 0.1) is 0 Å². The van der Waals surface area contributed by atoms with Gasteiger partial charge in [-0.15, -0.1) is 0 Å². The topological polar surface area (TPSA) is 137 Å². The van der Waals surface area contributed by atoms with Crippen molar-refractivity contribution in [3.8, 4) is 0 Å². The van der Waals surface area contributed by atoms with Crippen LogP contribution in [0.1, 0.15) is 26.2 Å². The summed E-state index contributed by atoms with van der Waals surface area (Å²) in [5.41, 5.74) is 0. The van der Waals surface area contributed by atoms with E-state index in [0.717, 1.165) is 32.4 Å². The Morgan fingerprint density at radius 3 is 1.86 bits per heavy atom. The maximum atomic E-state index is 11.9. The summed E-state index contributed by atoms with van der Waals surface area (Å²) >= 11 is 0. The van der Waals surface area contributed by atoms with Crippen LogP contribution in [0.25, 0.3) is 0 Å². The molecule has 0 saturated heterocycles. The van der Waals surface area contributed by atoms with Crippen LogP contribution in [0.2, 0.25) is 0 Å². The molecule has 0 aromatic heterocycles. The Kier molecular flexibility index (Phi) is 25.2. The highest BCUT2D eigenvalue weighted by molar-refractivity contribution is 5.78. The number of carbonyl (C=O) groups excluding carboxylic acids is 3. The average Bonchev–Trinajstić information content (AvgIpc) is 2.83. The highest BCUT2D eigenvalue weighted by Crippen LogP contribution is 1.95. The quantitative estimate of drug-likeness (QED) is 0.118. The van der Waals surface area contributed by atoms with Gasteiger partial charge >= 0.3 is 0 Å². The van der Waals surface area contributed by atoms with Gasteiger partial charge in [-0.1, -0.05) is 0 Å². The molecule has 12 heteroatoms. The van der Waals surface area contributed by atoms with Gasteiger partial charge in [0.05, 0.1) is 52.8 Å². The van der Waals surface area contributed by atoms with Crippen molar-refractivity contribution in [1.29, 1.82) is 0 Å². The molecule has 2 amide bonds. The van der Waals surface area contributed by atoms with Gasteiger partial charge in [-0.2, -0.15) is 0 Å². The number of unbranched alkanes of at least 4 members (excludes halogenated alkanes) is 2. The van der Waals surface area contributed by atoms with Crippen molar-refractivity contribution in [3.63, 3.8) is 0 Å². The first-order valence-corrected chi connectivity index (χ1v) is 12.7. The molecular formula is C24H48N4O8. The van der Waals surface area contributed by atoms with Crippen molar-refractivity contribution in [3.05, 3.63) is 0 Å². The van der Waals surface area contributed by atoms with E-state index >= 15 is 0 Å². The van der Waals surface area contributed by atoms with Gasteiger partial charge in [-0.25, -0.2) is 0 Å². The molecule has 212 valence electrons. The van der Waals surface area contributed by atoms with Crippen LogP contribution >= 0.6 is 0 Å². The van der Waals surface area contributed by atoms with Gasteiger partial charge in [0.15, 0.2) is 5.78 Å². The minimum absolute atomic E-state index is 0.0303. The van der Waals surface area contributed by atoms with Crippen LogP contribution in [0.5, 0.6) is 0 Å². The highest BCUT2D eigenvalue weighted by Gasteiger charge is 2.06. The van der Waals surface area contributed by atoms with Gasteiger partial charge in [-0.3, -0.25) is 19.3 Å². The molecule has 0 aromatic rings. The number of carbonyl (C=O) groups is 3. The van der Waals surface area contributed by atoms with E-state index in [1.807, 2.05) is 19.0 Å². The van der Waals surface area contributed by atoms with E-state index in [2.05, 4.69) is 16.0 Å². The van der Waals surface area contributed by atoms with E-state index in [1.54, 1.807) is 0 Å². The van der Waals surface area contributed by atoms with E-state index in [1.165, 1.54) is 6.92 Å². The van der Waals surface area contributed by atoms with Crippen LogP contribution in [-0.4, -0.2) is 135 Å². The van der Waals surface area contributed by atoms with Crippen LogP contribution in [0.4, 0.5) is 0 Å². The summed E-state index contributed by atoms with van der Waals surface area (Å²) in [5.74, 6) is -0.330. The minimum atomic E-state index is -0.238. The highest BCUT2D eigenvalue weighted by atomic mass is 16.5. The molecule has 0 bridgehead atoms.